The molecule has 0 aromatic carbocycles. The van der Waals surface area contributed by atoms with Crippen LogP contribution in [0.15, 0.2) is 36.0 Å². The van der Waals surface area contributed by atoms with Gasteiger partial charge in [0.2, 0.25) is 0 Å². The lowest BCUT2D eigenvalue weighted by Crippen LogP contribution is -2.50. The Labute approximate surface area is 270 Å². The van der Waals surface area contributed by atoms with Crippen LogP contribution in [-0.4, -0.2) is 108 Å². The van der Waals surface area contributed by atoms with Gasteiger partial charge in [-0.25, -0.2) is 9.59 Å². The third kappa shape index (κ3) is 10.9. The second-order valence-corrected chi connectivity index (χ2v) is 14.0. The van der Waals surface area contributed by atoms with Gasteiger partial charge >= 0.3 is 18.2 Å². The summed E-state index contributed by atoms with van der Waals surface area (Å²) in [4.78, 5) is 44.3. The first-order valence-electron chi connectivity index (χ1n) is 16.7. The molecule has 0 aromatic heterocycles. The molecule has 254 valence electrons. The highest BCUT2D eigenvalue weighted by molar-refractivity contribution is 5.70. The predicted octanol–water partition coefficient (Wildman–Crippen LogP) is 5.56. The van der Waals surface area contributed by atoms with E-state index in [9.17, 15) is 19.5 Å². The second kappa shape index (κ2) is 16.6. The molecule has 0 bridgehead atoms. The number of piperazine rings is 1. The van der Waals surface area contributed by atoms with Gasteiger partial charge in [-0.15, -0.1) is 0 Å². The third-order valence-electron chi connectivity index (χ3n) is 9.47. The Bertz CT molecular complexity index is 1080. The fourth-order valence-corrected chi connectivity index (χ4v) is 6.17. The highest BCUT2D eigenvalue weighted by Crippen LogP contribution is 2.29. The lowest BCUT2D eigenvalue weighted by molar-refractivity contribution is -0.150. The zero-order valence-electron chi connectivity index (χ0n) is 28.7. The summed E-state index contributed by atoms with van der Waals surface area (Å²) in [5, 5.41) is 11.5. The van der Waals surface area contributed by atoms with Crippen molar-refractivity contribution >= 4 is 18.2 Å². The molecule has 0 unspecified atom stereocenters. The fourth-order valence-electron chi connectivity index (χ4n) is 6.17. The van der Waals surface area contributed by atoms with Crippen molar-refractivity contribution in [1.82, 2.24) is 14.7 Å². The predicted molar refractivity (Wildman–Crippen MR) is 175 cm³/mol. The van der Waals surface area contributed by atoms with Gasteiger partial charge in [0.05, 0.1) is 6.61 Å². The fraction of sp³-hybridized carbons (Fsp3) is 0.743. The monoisotopic (exact) mass is 631 g/mol. The zero-order chi connectivity index (χ0) is 33.3. The summed E-state index contributed by atoms with van der Waals surface area (Å²) in [7, 11) is 2.02. The molecule has 0 aliphatic carbocycles. The smallest absolute Gasteiger partial charge is 0.410 e. The number of hydrogen-bond donors (Lipinski definition) is 1. The number of esters is 1. The van der Waals surface area contributed by atoms with Crippen LogP contribution in [0.2, 0.25) is 0 Å². The van der Waals surface area contributed by atoms with Gasteiger partial charge in [-0.1, -0.05) is 45.1 Å². The van der Waals surface area contributed by atoms with E-state index in [2.05, 4.69) is 18.7 Å². The molecule has 3 aliphatic rings. The van der Waals surface area contributed by atoms with Crippen molar-refractivity contribution in [2.75, 3.05) is 39.8 Å². The van der Waals surface area contributed by atoms with E-state index >= 15 is 0 Å². The van der Waals surface area contributed by atoms with Gasteiger partial charge < -0.3 is 34.0 Å². The minimum absolute atomic E-state index is 0.00113. The molecule has 1 N–H and O–H groups in total. The van der Waals surface area contributed by atoms with Crippen LogP contribution in [-0.2, 0) is 19.0 Å². The molecule has 3 aliphatic heterocycles. The number of likely N-dealkylation sites (N-methyl/N-ethyl adjacent to an activating group) is 1. The Balaban J connectivity index is 1.70. The molecular formula is C35H57N3O7. The van der Waals surface area contributed by atoms with E-state index in [4.69, 9.17) is 14.2 Å². The first kappa shape index (κ1) is 36.6. The van der Waals surface area contributed by atoms with E-state index in [-0.39, 0.29) is 54.9 Å². The Kier molecular flexibility index (Phi) is 13.5. The standard InChI is InChI=1S/C35H57N3O7/c1-24-16-17-35(7,42)30(44-33(40)37-20-18-36(8)19-21-37)15-12-27(4)32(45-31(39)22-24)26(3)11-9-10-25(2)23-43-34(41)38-28(5)13-14-29(38)6/h9-12,15,24-25,27-30,32,42H,13-14,16-23H2,1-8H3/b10-9+,15-12+,26-11+/t24-,25-,27+,28-,29-,30+,32-,35-/m1/s1. The van der Waals surface area contributed by atoms with Crippen molar-refractivity contribution in [2.45, 2.75) is 110 Å². The van der Waals surface area contributed by atoms with Gasteiger partial charge in [-0.3, -0.25) is 4.79 Å². The van der Waals surface area contributed by atoms with Crippen molar-refractivity contribution in [2.24, 2.45) is 17.8 Å². The van der Waals surface area contributed by atoms with Crippen molar-refractivity contribution in [3.05, 3.63) is 36.0 Å². The Morgan fingerprint density at radius 3 is 2.36 bits per heavy atom. The van der Waals surface area contributed by atoms with Gasteiger partial charge in [-0.2, -0.15) is 0 Å². The summed E-state index contributed by atoms with van der Waals surface area (Å²) in [5.41, 5.74) is -0.452. The normalized spacial score (nSPS) is 34.1. The van der Waals surface area contributed by atoms with E-state index in [1.807, 2.05) is 63.9 Å². The highest BCUT2D eigenvalue weighted by Gasteiger charge is 2.37. The van der Waals surface area contributed by atoms with Crippen LogP contribution in [0.3, 0.4) is 0 Å². The Hall–Kier alpha value is -2.85. The van der Waals surface area contributed by atoms with E-state index in [0.29, 0.717) is 25.9 Å². The molecule has 3 heterocycles. The molecule has 2 saturated heterocycles. The van der Waals surface area contributed by atoms with Crippen molar-refractivity contribution < 1.29 is 33.7 Å². The van der Waals surface area contributed by atoms with Crippen LogP contribution in [0.4, 0.5) is 9.59 Å². The number of cyclic esters (lactones) is 1. The van der Waals surface area contributed by atoms with Gasteiger partial charge in [-0.05, 0) is 78.0 Å². The molecule has 45 heavy (non-hydrogen) atoms. The maximum atomic E-state index is 13.1. The summed E-state index contributed by atoms with van der Waals surface area (Å²) in [5.74, 6) is -0.553. The number of aliphatic hydroxyl groups is 1. The number of nitrogens with zero attached hydrogens (tertiary/aromatic N) is 3. The SMILES string of the molecule is C/C(=C\C=C\[C@@H](C)COC(=O)N1[C@H](C)CC[C@H]1C)[C@H]1OC(=O)C[C@H](C)CC[C@@](C)(O)[C@@H](OC(=O)N2CCN(C)CC2)/C=C/[C@@H]1C. The molecular weight excluding hydrogens is 574 g/mol. The molecule has 0 aromatic rings. The van der Waals surface area contributed by atoms with E-state index < -0.39 is 23.9 Å². The number of carbonyl (C=O) groups excluding carboxylic acids is 3. The maximum absolute atomic E-state index is 13.1. The molecule has 10 heteroatoms. The van der Waals surface area contributed by atoms with Crippen LogP contribution in [0.5, 0.6) is 0 Å². The topological polar surface area (TPSA) is 109 Å². The van der Waals surface area contributed by atoms with Crippen LogP contribution in [0.25, 0.3) is 0 Å². The molecule has 0 radical (unpaired) electrons. The van der Waals surface area contributed by atoms with Gasteiger partial charge in [0, 0.05) is 56.5 Å². The average Bonchev–Trinajstić information content (AvgIpc) is 3.32. The quantitative estimate of drug-likeness (QED) is 0.176. The number of hydrogen-bond acceptors (Lipinski definition) is 8. The average molecular weight is 632 g/mol. The summed E-state index contributed by atoms with van der Waals surface area (Å²) >= 11 is 0. The minimum Gasteiger partial charge on any atom is -0.457 e. The first-order chi connectivity index (χ1) is 21.2. The summed E-state index contributed by atoms with van der Waals surface area (Å²) < 4.78 is 17.5. The lowest BCUT2D eigenvalue weighted by atomic mass is 9.87. The number of likely N-dealkylation sites (tertiary alicyclic amines) is 1. The largest absolute Gasteiger partial charge is 0.457 e. The number of amides is 2. The first-order valence-corrected chi connectivity index (χ1v) is 16.7. The van der Waals surface area contributed by atoms with Crippen molar-refractivity contribution in [3.8, 4) is 0 Å². The minimum atomic E-state index is -1.30. The lowest BCUT2D eigenvalue weighted by Gasteiger charge is -2.36. The maximum Gasteiger partial charge on any atom is 0.410 e. The van der Waals surface area contributed by atoms with E-state index in [1.54, 1.807) is 17.9 Å². The summed E-state index contributed by atoms with van der Waals surface area (Å²) in [6.07, 6.45) is 10.5. The van der Waals surface area contributed by atoms with Crippen molar-refractivity contribution in [1.29, 1.82) is 0 Å². The van der Waals surface area contributed by atoms with Gasteiger partial charge in [0.1, 0.15) is 11.7 Å². The highest BCUT2D eigenvalue weighted by atomic mass is 16.6. The van der Waals surface area contributed by atoms with Crippen LogP contribution < -0.4 is 0 Å². The van der Waals surface area contributed by atoms with E-state index in [1.165, 1.54) is 0 Å². The molecule has 10 nitrogen and oxygen atoms in total. The van der Waals surface area contributed by atoms with Crippen molar-refractivity contribution in [3.63, 3.8) is 0 Å². The second-order valence-electron chi connectivity index (χ2n) is 14.0. The number of allylic oxidation sites excluding steroid dienone is 2. The van der Waals surface area contributed by atoms with Gasteiger partial charge in [0.25, 0.3) is 0 Å². The summed E-state index contributed by atoms with van der Waals surface area (Å²) in [6.45, 7) is 16.6. The zero-order valence-corrected chi connectivity index (χ0v) is 28.7. The Morgan fingerprint density at radius 1 is 1.07 bits per heavy atom. The molecule has 2 fully saturated rings. The third-order valence-corrected chi connectivity index (χ3v) is 9.47. The molecule has 0 spiro atoms. The van der Waals surface area contributed by atoms with Crippen LogP contribution in [0, 0.1) is 17.8 Å². The summed E-state index contributed by atoms with van der Waals surface area (Å²) in [6, 6.07) is 0.393. The molecule has 0 saturated carbocycles. The number of rotatable bonds is 6. The van der Waals surface area contributed by atoms with Crippen LogP contribution >= 0.6 is 0 Å². The Morgan fingerprint density at radius 2 is 1.71 bits per heavy atom. The molecule has 2 amide bonds. The van der Waals surface area contributed by atoms with Gasteiger partial charge in [0.15, 0.2) is 6.10 Å². The van der Waals surface area contributed by atoms with E-state index in [0.717, 1.165) is 31.5 Å². The molecule has 8 atom stereocenters. The number of ether oxygens (including phenoxy) is 3. The number of carbonyl (C=O) groups is 3. The van der Waals surface area contributed by atoms with Crippen LogP contribution in [0.1, 0.15) is 80.6 Å². The molecule has 3 rings (SSSR count).